The smallest absolute Gasteiger partial charge is 0.280 e. The second-order valence-corrected chi connectivity index (χ2v) is 9.61. The first-order chi connectivity index (χ1) is 17.1. The van der Waals surface area contributed by atoms with Crippen LogP contribution in [0.25, 0.3) is 28.4 Å². The van der Waals surface area contributed by atoms with Crippen molar-refractivity contribution in [2.45, 2.75) is 11.1 Å². The van der Waals surface area contributed by atoms with Crippen molar-refractivity contribution in [1.29, 1.82) is 0 Å². The molecular weight excluding hydrogens is 517 g/mol. The highest BCUT2D eigenvalue weighted by molar-refractivity contribution is 7.92. The van der Waals surface area contributed by atoms with Crippen LogP contribution >= 0.6 is 11.6 Å². The Morgan fingerprint density at radius 2 is 1.67 bits per heavy atom. The van der Waals surface area contributed by atoms with E-state index in [1.807, 2.05) is 6.07 Å². The van der Waals surface area contributed by atoms with E-state index >= 15 is 0 Å². The van der Waals surface area contributed by atoms with Crippen LogP contribution in [0.4, 0.5) is 18.9 Å². The Morgan fingerprint density at radius 3 is 2.36 bits per heavy atom. The zero-order chi connectivity index (χ0) is 25.5. The van der Waals surface area contributed by atoms with Gasteiger partial charge in [-0.3, -0.25) is 9.71 Å². The number of nitrogens with zero attached hydrogens (tertiary/aromatic N) is 5. The van der Waals surface area contributed by atoms with Gasteiger partial charge in [0.1, 0.15) is 10.6 Å². The van der Waals surface area contributed by atoms with Gasteiger partial charge >= 0.3 is 6.18 Å². The maximum Gasteiger partial charge on any atom is 0.416 e. The predicted octanol–water partition coefficient (Wildman–Crippen LogP) is 5.33. The normalized spacial score (nSPS) is 12.1. The number of aromatic nitrogens is 5. The van der Waals surface area contributed by atoms with Crippen LogP contribution in [0.15, 0.2) is 83.9 Å². The highest BCUT2D eigenvalue weighted by atomic mass is 35.5. The zero-order valence-electron chi connectivity index (χ0n) is 18.0. The SMILES string of the molecule is O=S(=O)(Nc1ccc(-c2ccc3nnc(-c4ccccn4)n3n2)cc1)c1cc(C(F)(F)F)ccc1Cl. The van der Waals surface area contributed by atoms with Crippen LogP contribution in [0.2, 0.25) is 5.02 Å². The molecule has 0 amide bonds. The monoisotopic (exact) mass is 530 g/mol. The molecule has 5 aromatic rings. The number of hydrogen-bond acceptors (Lipinski definition) is 6. The molecule has 36 heavy (non-hydrogen) atoms. The lowest BCUT2D eigenvalue weighted by Crippen LogP contribution is -2.15. The van der Waals surface area contributed by atoms with E-state index in [1.165, 1.54) is 12.1 Å². The maximum atomic E-state index is 13.0. The van der Waals surface area contributed by atoms with E-state index in [9.17, 15) is 21.6 Å². The maximum absolute atomic E-state index is 13.0. The van der Waals surface area contributed by atoms with Crippen molar-refractivity contribution in [3.63, 3.8) is 0 Å². The van der Waals surface area contributed by atoms with E-state index < -0.39 is 26.7 Å². The Bertz CT molecular complexity index is 1670. The van der Waals surface area contributed by atoms with Gasteiger partial charge in [-0.05, 0) is 54.6 Å². The molecule has 5 rings (SSSR count). The van der Waals surface area contributed by atoms with Crippen LogP contribution in [-0.4, -0.2) is 33.2 Å². The fourth-order valence-electron chi connectivity index (χ4n) is 3.40. The first-order valence-corrected chi connectivity index (χ1v) is 12.1. The van der Waals surface area contributed by atoms with E-state index in [-0.39, 0.29) is 10.7 Å². The minimum Gasteiger partial charge on any atom is -0.280 e. The van der Waals surface area contributed by atoms with Gasteiger partial charge in [-0.2, -0.15) is 22.8 Å². The van der Waals surface area contributed by atoms with E-state index in [2.05, 4.69) is 25.0 Å². The van der Waals surface area contributed by atoms with Gasteiger partial charge < -0.3 is 0 Å². The van der Waals surface area contributed by atoms with Crippen molar-refractivity contribution >= 4 is 33.0 Å². The Morgan fingerprint density at radius 1 is 0.889 bits per heavy atom. The molecule has 0 unspecified atom stereocenters. The zero-order valence-corrected chi connectivity index (χ0v) is 19.6. The molecule has 0 aliphatic heterocycles. The van der Waals surface area contributed by atoms with E-state index in [1.54, 1.807) is 47.1 Å². The molecule has 0 saturated carbocycles. The molecule has 0 radical (unpaired) electrons. The molecule has 0 fully saturated rings. The molecule has 2 aromatic carbocycles. The summed E-state index contributed by atoms with van der Waals surface area (Å²) in [6, 6.07) is 17.1. The number of benzene rings is 2. The summed E-state index contributed by atoms with van der Waals surface area (Å²) in [4.78, 5) is 3.59. The fraction of sp³-hybridized carbons (Fsp3) is 0.0435. The number of halogens is 4. The highest BCUT2D eigenvalue weighted by Crippen LogP contribution is 2.34. The molecule has 1 N–H and O–H groups in total. The van der Waals surface area contributed by atoms with Crippen LogP contribution < -0.4 is 4.72 Å². The number of anilines is 1. The minimum atomic E-state index is -4.72. The van der Waals surface area contributed by atoms with Crippen LogP contribution in [0, 0.1) is 0 Å². The number of hydrogen-bond donors (Lipinski definition) is 1. The lowest BCUT2D eigenvalue weighted by atomic mass is 10.1. The number of pyridine rings is 1. The van der Waals surface area contributed by atoms with Crippen molar-refractivity contribution in [3.8, 4) is 22.8 Å². The average molecular weight is 531 g/mol. The molecule has 3 aromatic heterocycles. The summed E-state index contributed by atoms with van der Waals surface area (Å²) in [6.45, 7) is 0. The average Bonchev–Trinajstić information content (AvgIpc) is 3.27. The fourth-order valence-corrected chi connectivity index (χ4v) is 4.99. The first-order valence-electron chi connectivity index (χ1n) is 10.3. The Labute approximate surface area is 207 Å². The second-order valence-electron chi connectivity index (χ2n) is 7.55. The van der Waals surface area contributed by atoms with Crippen molar-refractivity contribution in [2.24, 2.45) is 0 Å². The molecule has 0 saturated heterocycles. The van der Waals surface area contributed by atoms with Crippen LogP contribution in [0.1, 0.15) is 5.56 Å². The van der Waals surface area contributed by atoms with E-state index in [0.29, 0.717) is 34.5 Å². The van der Waals surface area contributed by atoms with Gasteiger partial charge in [-0.1, -0.05) is 29.8 Å². The van der Waals surface area contributed by atoms with Crippen molar-refractivity contribution in [3.05, 3.63) is 89.6 Å². The lowest BCUT2D eigenvalue weighted by Gasteiger charge is -2.13. The van der Waals surface area contributed by atoms with Crippen molar-refractivity contribution in [2.75, 3.05) is 4.72 Å². The molecule has 0 aliphatic rings. The molecular formula is C23H14ClF3N6O2S. The molecule has 13 heteroatoms. The topological polar surface area (TPSA) is 102 Å². The molecule has 0 spiro atoms. The minimum absolute atomic E-state index is 0.131. The largest absolute Gasteiger partial charge is 0.416 e. The summed E-state index contributed by atoms with van der Waals surface area (Å²) in [5, 5.41) is 12.5. The van der Waals surface area contributed by atoms with Crippen LogP contribution in [-0.2, 0) is 16.2 Å². The summed E-state index contributed by atoms with van der Waals surface area (Å²) in [5.41, 5.74) is 1.32. The summed E-state index contributed by atoms with van der Waals surface area (Å²) in [7, 11) is -4.39. The van der Waals surface area contributed by atoms with Crippen LogP contribution in [0.3, 0.4) is 0 Å². The highest BCUT2D eigenvalue weighted by Gasteiger charge is 2.32. The molecule has 8 nitrogen and oxygen atoms in total. The summed E-state index contributed by atoms with van der Waals surface area (Å²) in [5.74, 6) is 0.454. The molecule has 0 bridgehead atoms. The number of rotatable bonds is 5. The molecule has 0 atom stereocenters. The Hall–Kier alpha value is -4.03. The standard InChI is InChI=1S/C23H14ClF3N6O2S/c24-17-9-6-15(23(25,26)27)13-20(17)36(34,35)32-16-7-4-14(5-8-16)18-10-11-21-29-30-22(33(21)31-18)19-3-1-2-12-28-19/h1-13,32H. The predicted molar refractivity (Wildman–Crippen MR) is 127 cm³/mol. The number of fused-ring (bicyclic) bond motifs is 1. The summed E-state index contributed by atoms with van der Waals surface area (Å²) in [6.07, 6.45) is -3.08. The van der Waals surface area contributed by atoms with Crippen molar-refractivity contribution < 1.29 is 21.6 Å². The number of alkyl halides is 3. The lowest BCUT2D eigenvalue weighted by molar-refractivity contribution is -0.137. The third-order valence-corrected chi connectivity index (χ3v) is 7.00. The third-order valence-electron chi connectivity index (χ3n) is 5.14. The first kappa shape index (κ1) is 23.7. The number of nitrogens with one attached hydrogen (secondary N) is 1. The van der Waals surface area contributed by atoms with Gasteiger partial charge in [0.15, 0.2) is 5.65 Å². The molecule has 0 aliphatic carbocycles. The van der Waals surface area contributed by atoms with E-state index in [4.69, 9.17) is 11.6 Å². The van der Waals surface area contributed by atoms with Gasteiger partial charge in [0, 0.05) is 17.4 Å². The Kier molecular flexibility index (Phi) is 5.85. The van der Waals surface area contributed by atoms with Crippen molar-refractivity contribution in [1.82, 2.24) is 24.8 Å². The van der Waals surface area contributed by atoms with Crippen LogP contribution in [0.5, 0.6) is 0 Å². The third kappa shape index (κ3) is 4.60. The number of sulfonamides is 1. The van der Waals surface area contributed by atoms with E-state index in [0.717, 1.165) is 12.1 Å². The molecule has 182 valence electrons. The summed E-state index contributed by atoms with van der Waals surface area (Å²) < 4.78 is 68.4. The van der Waals surface area contributed by atoms with Gasteiger partial charge in [0.25, 0.3) is 10.0 Å². The Balaban J connectivity index is 1.43. The van der Waals surface area contributed by atoms with Gasteiger partial charge in [0.2, 0.25) is 5.82 Å². The second kappa shape index (κ2) is 8.88. The summed E-state index contributed by atoms with van der Waals surface area (Å²) >= 11 is 5.89. The quantitative estimate of drug-likeness (QED) is 0.330. The van der Waals surface area contributed by atoms with Gasteiger partial charge in [0.05, 0.1) is 16.3 Å². The van der Waals surface area contributed by atoms with Gasteiger partial charge in [-0.25, -0.2) is 8.42 Å². The molecule has 3 heterocycles. The van der Waals surface area contributed by atoms with Gasteiger partial charge in [-0.15, -0.1) is 10.2 Å².